The molecule has 2 aromatic rings. The molecule has 11 nitrogen and oxygen atoms in total. The van der Waals surface area contributed by atoms with E-state index in [4.69, 9.17) is 4.74 Å². The van der Waals surface area contributed by atoms with Gasteiger partial charge in [-0.05, 0) is 61.9 Å². The number of methoxy groups -OCH3 is 1. The summed E-state index contributed by atoms with van der Waals surface area (Å²) < 4.78 is 50.4. The van der Waals surface area contributed by atoms with E-state index < -0.39 is 42.0 Å². The summed E-state index contributed by atoms with van der Waals surface area (Å²) in [5.41, 5.74) is -0.246. The molecule has 2 fully saturated rings. The van der Waals surface area contributed by atoms with Gasteiger partial charge in [-0.2, -0.15) is 8.78 Å². The van der Waals surface area contributed by atoms with Gasteiger partial charge in [0.2, 0.25) is 11.8 Å². The lowest BCUT2D eigenvalue weighted by atomic mass is 9.94. The van der Waals surface area contributed by atoms with Crippen LogP contribution in [-0.2, 0) is 26.7 Å². The Kier molecular flexibility index (Phi) is 12.7. The molecule has 1 aliphatic heterocycles. The van der Waals surface area contributed by atoms with Crippen molar-refractivity contribution < 1.29 is 37.1 Å². The second kappa shape index (κ2) is 16.7. The van der Waals surface area contributed by atoms with Gasteiger partial charge in [0, 0.05) is 50.6 Å². The minimum absolute atomic E-state index is 0.0463. The van der Waals surface area contributed by atoms with E-state index in [0.717, 1.165) is 31.4 Å². The standard InChI is InChI=1S/C34H45F3N6O5/c1-4-30(44)39-29(31(45)42-18-16-41(2)17-19-42)21-23-10-15-28(27(35)20-23)40-33(47)43(25-8-6-5-7-9-25)22-38-32(46)34(36,37)24-11-13-26(48-3)14-12-24/h10-15,20,25,29H,4-9,16-19,21-22H2,1-3H3,(H,38,46)(H,39,44)(H,40,47)/t29-/m1/s1. The van der Waals surface area contributed by atoms with Crippen LogP contribution in [0.15, 0.2) is 42.5 Å². The van der Waals surface area contributed by atoms with Gasteiger partial charge in [0.1, 0.15) is 17.6 Å². The Balaban J connectivity index is 1.44. The van der Waals surface area contributed by atoms with Crippen LogP contribution < -0.4 is 20.7 Å². The first-order valence-corrected chi connectivity index (χ1v) is 16.4. The quantitative estimate of drug-likeness (QED) is 0.292. The van der Waals surface area contributed by atoms with Crippen LogP contribution in [0.3, 0.4) is 0 Å². The number of carbonyl (C=O) groups excluding carboxylic acids is 4. The number of hydrogen-bond donors (Lipinski definition) is 3. The van der Waals surface area contributed by atoms with Gasteiger partial charge in [-0.25, -0.2) is 9.18 Å². The number of carbonyl (C=O) groups is 4. The molecular formula is C34H45F3N6O5. The number of anilines is 1. The van der Waals surface area contributed by atoms with Crippen molar-refractivity contribution in [3.63, 3.8) is 0 Å². The van der Waals surface area contributed by atoms with Gasteiger partial charge in [-0.3, -0.25) is 14.4 Å². The number of benzene rings is 2. The summed E-state index contributed by atoms with van der Waals surface area (Å²) in [7, 11) is 3.36. The highest BCUT2D eigenvalue weighted by Crippen LogP contribution is 2.30. The van der Waals surface area contributed by atoms with Crippen molar-refractivity contribution in [3.8, 4) is 5.75 Å². The van der Waals surface area contributed by atoms with Gasteiger partial charge in [-0.1, -0.05) is 32.3 Å². The third-order valence-corrected chi connectivity index (χ3v) is 8.91. The molecule has 3 N–H and O–H groups in total. The van der Waals surface area contributed by atoms with E-state index in [-0.39, 0.29) is 36.4 Å². The number of alkyl halides is 2. The summed E-state index contributed by atoms with van der Waals surface area (Å²) in [5.74, 6) is -6.41. The number of nitrogens with one attached hydrogen (secondary N) is 3. The van der Waals surface area contributed by atoms with E-state index in [9.17, 15) is 28.0 Å². The van der Waals surface area contributed by atoms with Crippen LogP contribution in [0.1, 0.15) is 56.6 Å². The number of nitrogens with zero attached hydrogens (tertiary/aromatic N) is 3. The van der Waals surface area contributed by atoms with Gasteiger partial charge in [0.25, 0.3) is 5.91 Å². The first-order chi connectivity index (χ1) is 22.9. The molecule has 14 heteroatoms. The summed E-state index contributed by atoms with van der Waals surface area (Å²) in [6.07, 6.45) is 4.03. The van der Waals surface area contributed by atoms with E-state index in [1.807, 2.05) is 7.05 Å². The SMILES string of the molecule is CCC(=O)N[C@H](Cc1ccc(NC(=O)N(CNC(=O)C(F)(F)c2ccc(OC)cc2)C2CCCCC2)c(F)c1)C(=O)N1CCN(C)CC1. The van der Waals surface area contributed by atoms with Crippen molar-refractivity contribution in [2.75, 3.05) is 52.3 Å². The Hall–Kier alpha value is -4.33. The maximum atomic E-state index is 15.4. The average molecular weight is 675 g/mol. The Labute approximate surface area is 279 Å². The molecule has 1 saturated heterocycles. The molecule has 1 aliphatic carbocycles. The van der Waals surface area contributed by atoms with Crippen molar-refractivity contribution in [1.29, 1.82) is 0 Å². The highest BCUT2D eigenvalue weighted by atomic mass is 19.3. The zero-order valence-corrected chi connectivity index (χ0v) is 27.7. The van der Waals surface area contributed by atoms with Crippen molar-refractivity contribution in [2.24, 2.45) is 0 Å². The van der Waals surface area contributed by atoms with Gasteiger partial charge in [0.05, 0.1) is 19.5 Å². The van der Waals surface area contributed by atoms with Crippen LogP contribution in [-0.4, -0.2) is 97.5 Å². The molecule has 1 saturated carbocycles. The number of rotatable bonds is 12. The predicted octanol–water partition coefficient (Wildman–Crippen LogP) is 4.08. The molecule has 4 rings (SSSR count). The van der Waals surface area contributed by atoms with Crippen molar-refractivity contribution >= 4 is 29.4 Å². The van der Waals surface area contributed by atoms with Gasteiger partial charge < -0.3 is 35.4 Å². The molecule has 5 amide bonds. The minimum atomic E-state index is -3.87. The number of amides is 5. The lowest BCUT2D eigenvalue weighted by molar-refractivity contribution is -0.147. The van der Waals surface area contributed by atoms with Crippen LogP contribution in [0.4, 0.5) is 23.7 Å². The Morgan fingerprint density at radius 1 is 1.00 bits per heavy atom. The van der Waals surface area contributed by atoms with Gasteiger partial charge >= 0.3 is 12.0 Å². The van der Waals surface area contributed by atoms with Gasteiger partial charge in [-0.15, -0.1) is 0 Å². The fraction of sp³-hybridized carbons (Fsp3) is 0.529. The number of likely N-dealkylation sites (N-methyl/N-ethyl adjacent to an activating group) is 1. The zero-order valence-electron chi connectivity index (χ0n) is 27.7. The third kappa shape index (κ3) is 9.39. The molecule has 0 spiro atoms. The zero-order chi connectivity index (χ0) is 34.8. The molecule has 48 heavy (non-hydrogen) atoms. The number of hydrogen-bond acceptors (Lipinski definition) is 6. The average Bonchev–Trinajstić information content (AvgIpc) is 3.09. The minimum Gasteiger partial charge on any atom is -0.497 e. The lowest BCUT2D eigenvalue weighted by Gasteiger charge is -2.35. The van der Waals surface area contributed by atoms with Crippen LogP contribution in [0.2, 0.25) is 0 Å². The highest BCUT2D eigenvalue weighted by Gasteiger charge is 2.41. The maximum Gasteiger partial charge on any atom is 0.349 e. The molecular weight excluding hydrogens is 629 g/mol. The van der Waals surface area contributed by atoms with Crippen LogP contribution >= 0.6 is 0 Å². The Morgan fingerprint density at radius 3 is 2.27 bits per heavy atom. The van der Waals surface area contributed by atoms with Crippen molar-refractivity contribution in [1.82, 2.24) is 25.3 Å². The molecule has 0 unspecified atom stereocenters. The number of ether oxygens (including phenoxy) is 1. The van der Waals surface area contributed by atoms with Gasteiger partial charge in [0.15, 0.2) is 0 Å². The number of halogens is 3. The summed E-state index contributed by atoms with van der Waals surface area (Å²) in [5, 5.41) is 7.48. The fourth-order valence-electron chi connectivity index (χ4n) is 5.91. The summed E-state index contributed by atoms with van der Waals surface area (Å²) >= 11 is 0. The van der Waals surface area contributed by atoms with E-state index in [1.54, 1.807) is 17.9 Å². The number of urea groups is 1. The van der Waals surface area contributed by atoms with E-state index in [1.165, 1.54) is 36.3 Å². The molecule has 2 aromatic carbocycles. The van der Waals surface area contributed by atoms with Crippen molar-refractivity contribution in [2.45, 2.75) is 69.9 Å². The smallest absolute Gasteiger partial charge is 0.349 e. The predicted molar refractivity (Wildman–Crippen MR) is 174 cm³/mol. The maximum absolute atomic E-state index is 15.4. The van der Waals surface area contributed by atoms with Crippen LogP contribution in [0.25, 0.3) is 0 Å². The first-order valence-electron chi connectivity index (χ1n) is 16.4. The second-order valence-electron chi connectivity index (χ2n) is 12.3. The fourth-order valence-corrected chi connectivity index (χ4v) is 5.91. The normalized spacial score (nSPS) is 16.5. The topological polar surface area (TPSA) is 123 Å². The summed E-state index contributed by atoms with van der Waals surface area (Å²) in [6.45, 7) is 3.62. The second-order valence-corrected chi connectivity index (χ2v) is 12.3. The Bertz CT molecular complexity index is 1430. The molecule has 1 heterocycles. The molecule has 0 bridgehead atoms. The molecule has 262 valence electrons. The molecule has 0 radical (unpaired) electrons. The molecule has 0 aromatic heterocycles. The summed E-state index contributed by atoms with van der Waals surface area (Å²) in [4.78, 5) is 56.7. The largest absolute Gasteiger partial charge is 0.497 e. The molecule has 1 atom stereocenters. The monoisotopic (exact) mass is 674 g/mol. The highest BCUT2D eigenvalue weighted by molar-refractivity contribution is 5.91. The van der Waals surface area contributed by atoms with E-state index in [0.29, 0.717) is 50.3 Å². The van der Waals surface area contributed by atoms with Crippen LogP contribution in [0.5, 0.6) is 5.75 Å². The first kappa shape index (κ1) is 36.5. The third-order valence-electron chi connectivity index (χ3n) is 8.91. The van der Waals surface area contributed by atoms with E-state index in [2.05, 4.69) is 20.9 Å². The summed E-state index contributed by atoms with van der Waals surface area (Å²) in [6, 6.07) is 6.97. The number of piperazine rings is 1. The lowest BCUT2D eigenvalue weighted by Crippen LogP contribution is -2.54. The van der Waals surface area contributed by atoms with Crippen molar-refractivity contribution in [3.05, 3.63) is 59.4 Å². The van der Waals surface area contributed by atoms with E-state index >= 15 is 4.39 Å². The molecule has 2 aliphatic rings. The Morgan fingerprint density at radius 2 is 1.67 bits per heavy atom. The van der Waals surface area contributed by atoms with Crippen LogP contribution in [0, 0.1) is 5.82 Å².